The predicted molar refractivity (Wildman–Crippen MR) is 122 cm³/mol. The molecule has 1 aromatic carbocycles. The van der Waals surface area contributed by atoms with Crippen LogP contribution in [0.2, 0.25) is 0 Å². The van der Waals surface area contributed by atoms with Gasteiger partial charge in [-0.2, -0.15) is 0 Å². The summed E-state index contributed by atoms with van der Waals surface area (Å²) in [6.45, 7) is 11.6. The summed E-state index contributed by atoms with van der Waals surface area (Å²) in [7, 11) is 4.05. The first kappa shape index (κ1) is 25.6. The van der Waals surface area contributed by atoms with Gasteiger partial charge in [-0.3, -0.25) is 0 Å². The van der Waals surface area contributed by atoms with Crippen LogP contribution < -0.4 is 20.7 Å². The van der Waals surface area contributed by atoms with Crippen molar-refractivity contribution in [3.63, 3.8) is 0 Å². The van der Waals surface area contributed by atoms with E-state index in [4.69, 9.17) is 9.47 Å². The van der Waals surface area contributed by atoms with Crippen LogP contribution in [0.5, 0.6) is 5.75 Å². The fourth-order valence-electron chi connectivity index (χ4n) is 2.42. The fraction of sp³-hybridized carbons (Fsp3) is 0.636. The Morgan fingerprint density at radius 1 is 1.10 bits per heavy atom. The standard InChI is InChI=1S/C22H39N5O3/c1-7-23-20(24-13-10-14-25-21(28)30-22(2,3)4)26-17-18-11-8-9-12-19(18)29-16-15-27(5)6/h8-9,11-12H,7,10,13-17H2,1-6H3,(H,25,28)(H2,23,24,26). The first-order chi connectivity index (χ1) is 14.2. The van der Waals surface area contributed by atoms with E-state index >= 15 is 0 Å². The number of amides is 1. The summed E-state index contributed by atoms with van der Waals surface area (Å²) in [5.74, 6) is 1.60. The summed E-state index contributed by atoms with van der Waals surface area (Å²) >= 11 is 0. The van der Waals surface area contributed by atoms with Crippen molar-refractivity contribution in [1.82, 2.24) is 20.9 Å². The molecule has 0 unspecified atom stereocenters. The number of nitrogens with zero attached hydrogens (tertiary/aromatic N) is 2. The van der Waals surface area contributed by atoms with Crippen LogP contribution in [-0.4, -0.2) is 69.4 Å². The summed E-state index contributed by atoms with van der Waals surface area (Å²) in [5.41, 5.74) is 0.555. The number of carbonyl (C=O) groups is 1. The van der Waals surface area contributed by atoms with Gasteiger partial charge in [-0.1, -0.05) is 18.2 Å². The summed E-state index contributed by atoms with van der Waals surface area (Å²) in [6.07, 6.45) is 0.363. The number of para-hydroxylation sites is 1. The second-order valence-electron chi connectivity index (χ2n) is 8.16. The first-order valence-electron chi connectivity index (χ1n) is 10.6. The molecule has 8 heteroatoms. The Labute approximate surface area is 181 Å². The van der Waals surface area contributed by atoms with Crippen LogP contribution in [-0.2, 0) is 11.3 Å². The predicted octanol–water partition coefficient (Wildman–Crippen LogP) is 2.60. The number of benzene rings is 1. The zero-order chi connectivity index (χ0) is 22.4. The largest absolute Gasteiger partial charge is 0.492 e. The topological polar surface area (TPSA) is 87.2 Å². The lowest BCUT2D eigenvalue weighted by Gasteiger charge is -2.19. The number of nitrogens with one attached hydrogen (secondary N) is 3. The molecule has 1 amide bonds. The number of hydrogen-bond donors (Lipinski definition) is 3. The fourth-order valence-corrected chi connectivity index (χ4v) is 2.42. The number of guanidine groups is 1. The van der Waals surface area contributed by atoms with E-state index in [-0.39, 0.29) is 0 Å². The van der Waals surface area contributed by atoms with Crippen LogP contribution in [0, 0.1) is 0 Å². The van der Waals surface area contributed by atoms with E-state index in [1.165, 1.54) is 0 Å². The molecular weight excluding hydrogens is 382 g/mol. The van der Waals surface area contributed by atoms with Gasteiger partial charge in [0.25, 0.3) is 0 Å². The Hall–Kier alpha value is -2.48. The van der Waals surface area contributed by atoms with Gasteiger partial charge in [-0.05, 0) is 54.3 Å². The van der Waals surface area contributed by atoms with Gasteiger partial charge in [0.1, 0.15) is 18.0 Å². The number of alkyl carbamates (subject to hydrolysis) is 1. The molecule has 1 rings (SSSR count). The molecule has 0 aromatic heterocycles. The normalized spacial score (nSPS) is 11.9. The van der Waals surface area contributed by atoms with Crippen LogP contribution >= 0.6 is 0 Å². The highest BCUT2D eigenvalue weighted by atomic mass is 16.6. The zero-order valence-electron chi connectivity index (χ0n) is 19.4. The minimum Gasteiger partial charge on any atom is -0.492 e. The summed E-state index contributed by atoms with van der Waals surface area (Å²) in [4.78, 5) is 18.4. The molecule has 0 heterocycles. The van der Waals surface area contributed by atoms with E-state index in [0.29, 0.717) is 26.2 Å². The van der Waals surface area contributed by atoms with E-state index in [9.17, 15) is 4.79 Å². The molecule has 0 saturated heterocycles. The Bertz CT molecular complexity index is 656. The Kier molecular flexibility index (Phi) is 11.7. The molecule has 0 saturated carbocycles. The maximum Gasteiger partial charge on any atom is 0.407 e. The molecule has 0 spiro atoms. The smallest absolute Gasteiger partial charge is 0.407 e. The van der Waals surface area contributed by atoms with Crippen LogP contribution in [0.4, 0.5) is 4.79 Å². The molecular formula is C22H39N5O3. The van der Waals surface area contributed by atoms with Gasteiger partial charge in [0.05, 0.1) is 6.54 Å². The van der Waals surface area contributed by atoms with Crippen molar-refractivity contribution in [1.29, 1.82) is 0 Å². The lowest BCUT2D eigenvalue weighted by molar-refractivity contribution is 0.0527. The third-order valence-electron chi connectivity index (χ3n) is 3.83. The van der Waals surface area contributed by atoms with E-state index in [1.807, 2.05) is 66.1 Å². The second kappa shape index (κ2) is 13.7. The number of hydrogen-bond acceptors (Lipinski definition) is 5. The van der Waals surface area contributed by atoms with Crippen molar-refractivity contribution in [3.8, 4) is 5.75 Å². The highest BCUT2D eigenvalue weighted by Crippen LogP contribution is 2.18. The monoisotopic (exact) mass is 421 g/mol. The summed E-state index contributed by atoms with van der Waals surface area (Å²) < 4.78 is 11.1. The average Bonchev–Trinajstić information content (AvgIpc) is 2.65. The molecule has 3 N–H and O–H groups in total. The quantitative estimate of drug-likeness (QED) is 0.289. The van der Waals surface area contributed by atoms with E-state index < -0.39 is 11.7 Å². The first-order valence-corrected chi connectivity index (χ1v) is 10.6. The minimum absolute atomic E-state index is 0.394. The third-order valence-corrected chi connectivity index (χ3v) is 3.83. The van der Waals surface area contributed by atoms with Crippen molar-refractivity contribution in [2.45, 2.75) is 46.3 Å². The van der Waals surface area contributed by atoms with Crippen LogP contribution in [0.3, 0.4) is 0 Å². The van der Waals surface area contributed by atoms with Crippen molar-refractivity contribution in [2.75, 3.05) is 46.9 Å². The maximum absolute atomic E-state index is 11.7. The van der Waals surface area contributed by atoms with E-state index in [0.717, 1.165) is 36.8 Å². The molecule has 30 heavy (non-hydrogen) atoms. The Morgan fingerprint density at radius 3 is 2.47 bits per heavy atom. The van der Waals surface area contributed by atoms with Gasteiger partial charge in [0, 0.05) is 31.7 Å². The summed E-state index contributed by atoms with van der Waals surface area (Å²) in [6, 6.07) is 7.97. The Balaban J connectivity index is 2.48. The van der Waals surface area contributed by atoms with Gasteiger partial charge in [-0.25, -0.2) is 9.79 Å². The second-order valence-corrected chi connectivity index (χ2v) is 8.16. The number of ether oxygens (including phenoxy) is 2. The molecule has 0 atom stereocenters. The molecule has 0 aliphatic carbocycles. The molecule has 0 aliphatic heterocycles. The zero-order valence-corrected chi connectivity index (χ0v) is 19.4. The Morgan fingerprint density at radius 2 is 1.80 bits per heavy atom. The number of rotatable bonds is 11. The highest BCUT2D eigenvalue weighted by Gasteiger charge is 2.15. The van der Waals surface area contributed by atoms with E-state index in [2.05, 4.69) is 25.8 Å². The molecule has 170 valence electrons. The van der Waals surface area contributed by atoms with Gasteiger partial charge < -0.3 is 30.3 Å². The number of carbonyl (C=O) groups excluding carboxylic acids is 1. The SMILES string of the molecule is CCNC(=NCc1ccccc1OCCN(C)C)NCCCNC(=O)OC(C)(C)C. The van der Waals surface area contributed by atoms with Crippen molar-refractivity contribution < 1.29 is 14.3 Å². The molecule has 0 fully saturated rings. The van der Waals surface area contributed by atoms with Crippen molar-refractivity contribution in [3.05, 3.63) is 29.8 Å². The molecule has 0 bridgehead atoms. The van der Waals surface area contributed by atoms with Gasteiger partial charge >= 0.3 is 6.09 Å². The maximum atomic E-state index is 11.7. The highest BCUT2D eigenvalue weighted by molar-refractivity contribution is 5.79. The third kappa shape index (κ3) is 12.2. The van der Waals surface area contributed by atoms with Gasteiger partial charge in [-0.15, -0.1) is 0 Å². The average molecular weight is 422 g/mol. The van der Waals surface area contributed by atoms with Crippen molar-refractivity contribution >= 4 is 12.1 Å². The lowest BCUT2D eigenvalue weighted by atomic mass is 10.2. The van der Waals surface area contributed by atoms with Crippen molar-refractivity contribution in [2.24, 2.45) is 4.99 Å². The molecule has 8 nitrogen and oxygen atoms in total. The van der Waals surface area contributed by atoms with Crippen LogP contribution in [0.15, 0.2) is 29.3 Å². The van der Waals surface area contributed by atoms with E-state index in [1.54, 1.807) is 0 Å². The minimum atomic E-state index is -0.486. The molecule has 1 aromatic rings. The molecule has 0 aliphatic rings. The molecule has 0 radical (unpaired) electrons. The summed E-state index contributed by atoms with van der Waals surface area (Å²) in [5, 5.41) is 9.29. The van der Waals surface area contributed by atoms with Gasteiger partial charge in [0.2, 0.25) is 0 Å². The van der Waals surface area contributed by atoms with Gasteiger partial charge in [0.15, 0.2) is 5.96 Å². The van der Waals surface area contributed by atoms with Crippen LogP contribution in [0.1, 0.15) is 39.7 Å². The lowest BCUT2D eigenvalue weighted by Crippen LogP contribution is -2.39. The van der Waals surface area contributed by atoms with Crippen LogP contribution in [0.25, 0.3) is 0 Å². The number of likely N-dealkylation sites (N-methyl/N-ethyl adjacent to an activating group) is 1. The number of aliphatic imine (C=N–C) groups is 1.